The Morgan fingerprint density at radius 3 is 2.64 bits per heavy atom. The smallest absolute Gasteiger partial charge is 0.0546 e. The quantitative estimate of drug-likeness (QED) is 0.576. The van der Waals surface area contributed by atoms with Crippen molar-refractivity contribution in [2.24, 2.45) is 5.73 Å². The highest BCUT2D eigenvalue weighted by atomic mass is 16.5. The summed E-state index contributed by atoms with van der Waals surface area (Å²) in [4.78, 5) is 0. The fourth-order valence-corrected chi connectivity index (χ4v) is 1.02. The van der Waals surface area contributed by atoms with E-state index in [1.54, 1.807) is 0 Å². The van der Waals surface area contributed by atoms with Gasteiger partial charge in [-0.15, -0.1) is 0 Å². The van der Waals surface area contributed by atoms with Crippen LogP contribution in [0.4, 0.5) is 0 Å². The number of hydrogen-bond acceptors (Lipinski definition) is 2. The lowest BCUT2D eigenvalue weighted by molar-refractivity contribution is 0.0576. The van der Waals surface area contributed by atoms with Crippen molar-refractivity contribution in [1.29, 1.82) is 0 Å². The molecule has 2 nitrogen and oxygen atoms in total. The second kappa shape index (κ2) is 8.02. The molecule has 0 aliphatic heterocycles. The minimum atomic E-state index is 0.428. The van der Waals surface area contributed by atoms with Gasteiger partial charge in [-0.2, -0.15) is 0 Å². The number of unbranched alkanes of at least 4 members (excludes halogenated alkanes) is 1. The van der Waals surface area contributed by atoms with Gasteiger partial charge >= 0.3 is 0 Å². The first kappa shape index (κ1) is 10.9. The summed E-state index contributed by atoms with van der Waals surface area (Å²) in [5, 5.41) is 0. The summed E-state index contributed by atoms with van der Waals surface area (Å²) in [6, 6.07) is 0. The van der Waals surface area contributed by atoms with Gasteiger partial charge in [-0.25, -0.2) is 0 Å². The van der Waals surface area contributed by atoms with Crippen LogP contribution >= 0.6 is 0 Å². The van der Waals surface area contributed by atoms with Crippen molar-refractivity contribution in [2.45, 2.75) is 45.6 Å². The molecule has 68 valence electrons. The zero-order chi connectivity index (χ0) is 8.53. The molecule has 0 aromatic heterocycles. The van der Waals surface area contributed by atoms with E-state index in [2.05, 4.69) is 13.8 Å². The van der Waals surface area contributed by atoms with Gasteiger partial charge in [0.1, 0.15) is 0 Å². The van der Waals surface area contributed by atoms with Crippen molar-refractivity contribution in [3.8, 4) is 0 Å². The monoisotopic (exact) mass is 159 g/mol. The molecule has 1 atom stereocenters. The summed E-state index contributed by atoms with van der Waals surface area (Å²) < 4.78 is 5.53. The van der Waals surface area contributed by atoms with Crippen LogP contribution in [0.2, 0.25) is 0 Å². The number of ether oxygens (including phenoxy) is 1. The highest BCUT2D eigenvalue weighted by Crippen LogP contribution is 2.01. The summed E-state index contributed by atoms with van der Waals surface area (Å²) >= 11 is 0. The molecular formula is C9H21NO. The van der Waals surface area contributed by atoms with Gasteiger partial charge in [0.2, 0.25) is 0 Å². The molecule has 0 aromatic rings. The van der Waals surface area contributed by atoms with E-state index in [1.165, 1.54) is 12.8 Å². The van der Waals surface area contributed by atoms with E-state index in [9.17, 15) is 0 Å². The van der Waals surface area contributed by atoms with Gasteiger partial charge in [-0.1, -0.05) is 13.3 Å². The highest BCUT2D eigenvalue weighted by Gasteiger charge is 1.98. The maximum atomic E-state index is 5.53. The maximum absolute atomic E-state index is 5.53. The Hall–Kier alpha value is -0.0800. The van der Waals surface area contributed by atoms with Crippen LogP contribution in [-0.2, 0) is 4.74 Å². The molecule has 0 aliphatic rings. The van der Waals surface area contributed by atoms with Crippen LogP contribution in [-0.4, -0.2) is 19.3 Å². The summed E-state index contributed by atoms with van der Waals surface area (Å²) in [5.74, 6) is 0. The summed E-state index contributed by atoms with van der Waals surface area (Å²) in [7, 11) is 0. The zero-order valence-corrected chi connectivity index (χ0v) is 7.81. The molecular weight excluding hydrogens is 138 g/mol. The lowest BCUT2D eigenvalue weighted by Crippen LogP contribution is -2.09. The van der Waals surface area contributed by atoms with E-state index in [4.69, 9.17) is 10.5 Å². The van der Waals surface area contributed by atoms with Gasteiger partial charge < -0.3 is 10.5 Å². The van der Waals surface area contributed by atoms with E-state index >= 15 is 0 Å². The Morgan fingerprint density at radius 1 is 1.36 bits per heavy atom. The average molecular weight is 159 g/mol. The molecule has 0 spiro atoms. The van der Waals surface area contributed by atoms with Crippen LogP contribution in [0.15, 0.2) is 0 Å². The van der Waals surface area contributed by atoms with Crippen LogP contribution in [0, 0.1) is 0 Å². The second-order valence-corrected chi connectivity index (χ2v) is 2.97. The van der Waals surface area contributed by atoms with E-state index in [0.29, 0.717) is 6.10 Å². The predicted octanol–water partition coefficient (Wildman–Crippen LogP) is 1.93. The third-order valence-corrected chi connectivity index (χ3v) is 1.70. The number of nitrogens with two attached hydrogens (primary N) is 1. The molecule has 0 aliphatic carbocycles. The lowest BCUT2D eigenvalue weighted by atomic mass is 10.2. The van der Waals surface area contributed by atoms with Crippen LogP contribution in [0.3, 0.4) is 0 Å². The van der Waals surface area contributed by atoms with E-state index in [-0.39, 0.29) is 0 Å². The SMILES string of the molecule is CCCC(C)OCCCCN. The molecule has 11 heavy (non-hydrogen) atoms. The van der Waals surface area contributed by atoms with E-state index in [1.807, 2.05) is 0 Å². The highest BCUT2D eigenvalue weighted by molar-refractivity contribution is 4.48. The van der Waals surface area contributed by atoms with Gasteiger partial charge in [0.05, 0.1) is 6.10 Å². The Morgan fingerprint density at radius 2 is 2.09 bits per heavy atom. The van der Waals surface area contributed by atoms with E-state index in [0.717, 1.165) is 26.0 Å². The molecule has 0 rings (SSSR count). The average Bonchev–Trinajstić information content (AvgIpc) is 1.99. The normalized spacial score (nSPS) is 13.4. The molecule has 0 heterocycles. The third-order valence-electron chi connectivity index (χ3n) is 1.70. The topological polar surface area (TPSA) is 35.2 Å². The Balaban J connectivity index is 2.97. The van der Waals surface area contributed by atoms with Gasteiger partial charge in [0.25, 0.3) is 0 Å². The standard InChI is InChI=1S/C9H21NO/c1-3-6-9(2)11-8-5-4-7-10/h9H,3-8,10H2,1-2H3. The van der Waals surface area contributed by atoms with Crippen LogP contribution in [0.25, 0.3) is 0 Å². The van der Waals surface area contributed by atoms with Crippen LogP contribution in [0.1, 0.15) is 39.5 Å². The van der Waals surface area contributed by atoms with Crippen molar-refractivity contribution >= 4 is 0 Å². The molecule has 0 fully saturated rings. The molecule has 1 unspecified atom stereocenters. The minimum Gasteiger partial charge on any atom is -0.379 e. The number of hydrogen-bond donors (Lipinski definition) is 1. The molecule has 0 amide bonds. The van der Waals surface area contributed by atoms with Crippen molar-refractivity contribution in [3.05, 3.63) is 0 Å². The Kier molecular flexibility index (Phi) is 7.96. The second-order valence-electron chi connectivity index (χ2n) is 2.97. The Bertz CT molecular complexity index is 76.0. The van der Waals surface area contributed by atoms with Crippen molar-refractivity contribution < 1.29 is 4.74 Å². The van der Waals surface area contributed by atoms with Gasteiger partial charge in [-0.3, -0.25) is 0 Å². The fraction of sp³-hybridized carbons (Fsp3) is 1.00. The largest absolute Gasteiger partial charge is 0.379 e. The molecule has 0 radical (unpaired) electrons. The summed E-state index contributed by atoms with van der Waals surface area (Å²) in [6.45, 7) is 5.97. The molecule has 0 saturated heterocycles. The third kappa shape index (κ3) is 7.82. The first-order chi connectivity index (χ1) is 5.31. The van der Waals surface area contributed by atoms with Crippen LogP contribution in [0.5, 0.6) is 0 Å². The van der Waals surface area contributed by atoms with Crippen molar-refractivity contribution in [2.75, 3.05) is 13.2 Å². The molecule has 2 heteroatoms. The minimum absolute atomic E-state index is 0.428. The fourth-order valence-electron chi connectivity index (χ4n) is 1.02. The first-order valence-electron chi connectivity index (χ1n) is 4.63. The predicted molar refractivity (Wildman–Crippen MR) is 48.6 cm³/mol. The Labute approximate surface area is 70.1 Å². The molecule has 0 bridgehead atoms. The lowest BCUT2D eigenvalue weighted by Gasteiger charge is -2.10. The molecule has 2 N–H and O–H groups in total. The van der Waals surface area contributed by atoms with E-state index < -0.39 is 0 Å². The van der Waals surface area contributed by atoms with Crippen LogP contribution < -0.4 is 5.73 Å². The van der Waals surface area contributed by atoms with Crippen molar-refractivity contribution in [3.63, 3.8) is 0 Å². The van der Waals surface area contributed by atoms with Gasteiger partial charge in [0, 0.05) is 6.61 Å². The zero-order valence-electron chi connectivity index (χ0n) is 7.81. The molecule has 0 saturated carbocycles. The number of rotatable bonds is 7. The van der Waals surface area contributed by atoms with Gasteiger partial charge in [-0.05, 0) is 32.7 Å². The summed E-state index contributed by atoms with van der Waals surface area (Å²) in [5.41, 5.74) is 5.35. The summed E-state index contributed by atoms with van der Waals surface area (Å²) in [6.07, 6.45) is 4.99. The van der Waals surface area contributed by atoms with Gasteiger partial charge in [0.15, 0.2) is 0 Å². The first-order valence-corrected chi connectivity index (χ1v) is 4.63. The maximum Gasteiger partial charge on any atom is 0.0546 e. The molecule has 0 aromatic carbocycles. The van der Waals surface area contributed by atoms with Crippen molar-refractivity contribution in [1.82, 2.24) is 0 Å².